The van der Waals surface area contributed by atoms with E-state index in [1.165, 1.54) is 30.7 Å². The molecular weight excluding hydrogens is 450 g/mol. The van der Waals surface area contributed by atoms with Crippen LogP contribution in [0.5, 0.6) is 5.75 Å². The summed E-state index contributed by atoms with van der Waals surface area (Å²) in [6.07, 6.45) is 0.675. The third kappa shape index (κ3) is 4.35. The summed E-state index contributed by atoms with van der Waals surface area (Å²) in [7, 11) is -2.45. The number of aromatic nitrogens is 2. The van der Waals surface area contributed by atoms with Gasteiger partial charge in [-0.15, -0.1) is 13.2 Å². The van der Waals surface area contributed by atoms with Crippen LogP contribution in [-0.2, 0) is 16.6 Å². The van der Waals surface area contributed by atoms with Gasteiger partial charge >= 0.3 is 6.36 Å². The minimum Gasteiger partial charge on any atom is -0.406 e. The Morgan fingerprint density at radius 2 is 2.00 bits per heavy atom. The van der Waals surface area contributed by atoms with Crippen LogP contribution in [0, 0.1) is 5.82 Å². The van der Waals surface area contributed by atoms with Gasteiger partial charge in [0.05, 0.1) is 5.69 Å². The number of hydrogen-bond donors (Lipinski definition) is 1. The maximum Gasteiger partial charge on any atom is 0.573 e. The van der Waals surface area contributed by atoms with Gasteiger partial charge in [-0.05, 0) is 61.2 Å². The van der Waals surface area contributed by atoms with Crippen LogP contribution in [-0.4, -0.2) is 30.8 Å². The number of halogens is 4. The van der Waals surface area contributed by atoms with Crippen molar-refractivity contribution in [2.24, 2.45) is 0 Å². The van der Waals surface area contributed by atoms with Crippen molar-refractivity contribution < 1.29 is 30.7 Å². The largest absolute Gasteiger partial charge is 0.573 e. The van der Waals surface area contributed by atoms with Gasteiger partial charge in [0, 0.05) is 36.8 Å². The Balaban J connectivity index is 1.93. The van der Waals surface area contributed by atoms with E-state index >= 15 is 4.39 Å². The van der Waals surface area contributed by atoms with Crippen LogP contribution in [0.2, 0.25) is 0 Å². The number of rotatable bonds is 7. The van der Waals surface area contributed by atoms with Crippen molar-refractivity contribution >= 4 is 10.0 Å². The number of alkyl halides is 3. The average molecular weight is 469 g/mol. The number of ether oxygens (including phenoxy) is 1. The van der Waals surface area contributed by atoms with E-state index in [-0.39, 0.29) is 22.1 Å². The van der Waals surface area contributed by atoms with Crippen molar-refractivity contribution in [3.63, 3.8) is 0 Å². The van der Waals surface area contributed by atoms with Crippen LogP contribution in [0.4, 0.5) is 17.6 Å². The molecule has 4 rings (SSSR count). The van der Waals surface area contributed by atoms with E-state index in [4.69, 9.17) is 0 Å². The normalized spacial score (nSPS) is 14.5. The number of hydrogen-bond acceptors (Lipinski definition) is 5. The van der Waals surface area contributed by atoms with Gasteiger partial charge in [0.2, 0.25) is 0 Å². The molecule has 6 nitrogen and oxygen atoms in total. The third-order valence-electron chi connectivity index (χ3n) is 5.07. The molecule has 170 valence electrons. The monoisotopic (exact) mass is 469 g/mol. The first-order valence-electron chi connectivity index (χ1n) is 9.72. The molecule has 1 fully saturated rings. The fraction of sp³-hybridized carbons (Fsp3) is 0.286. The van der Waals surface area contributed by atoms with Gasteiger partial charge in [-0.2, -0.15) is 0 Å². The highest BCUT2D eigenvalue weighted by molar-refractivity contribution is 7.90. The Labute approximate surface area is 181 Å². The lowest BCUT2D eigenvalue weighted by Crippen LogP contribution is -2.17. The second-order valence-corrected chi connectivity index (χ2v) is 9.22. The molecule has 0 bridgehead atoms. The van der Waals surface area contributed by atoms with Crippen LogP contribution < -0.4 is 10.1 Å². The summed E-state index contributed by atoms with van der Waals surface area (Å²) in [5, 5.41) is 2.98. The number of nitrogens with zero attached hydrogens (tertiary/aromatic N) is 2. The van der Waals surface area contributed by atoms with Crippen molar-refractivity contribution in [2.75, 3.05) is 7.05 Å². The highest BCUT2D eigenvalue weighted by Gasteiger charge is 2.36. The fourth-order valence-corrected chi connectivity index (χ4v) is 5.03. The molecule has 1 aliphatic carbocycles. The van der Waals surface area contributed by atoms with Crippen LogP contribution >= 0.6 is 0 Å². The summed E-state index contributed by atoms with van der Waals surface area (Å²) in [6, 6.07) is 5.52. The first-order valence-corrected chi connectivity index (χ1v) is 11.2. The Hall–Kier alpha value is -2.92. The Morgan fingerprint density at radius 3 is 2.56 bits per heavy atom. The summed E-state index contributed by atoms with van der Waals surface area (Å²) in [6.45, 7) is 0.339. The zero-order valence-electron chi connectivity index (χ0n) is 16.9. The molecule has 0 unspecified atom stereocenters. The van der Waals surface area contributed by atoms with Crippen molar-refractivity contribution in [3.8, 4) is 17.0 Å². The molecule has 1 N–H and O–H groups in total. The predicted octanol–water partition coefficient (Wildman–Crippen LogP) is 4.42. The highest BCUT2D eigenvalue weighted by atomic mass is 32.2. The molecule has 3 aromatic rings. The smallest absolute Gasteiger partial charge is 0.406 e. The number of nitrogens with one attached hydrogen (secondary N) is 1. The highest BCUT2D eigenvalue weighted by Crippen LogP contribution is 2.48. The minimum absolute atomic E-state index is 0.0317. The molecule has 11 heteroatoms. The van der Waals surface area contributed by atoms with Gasteiger partial charge in [0.15, 0.2) is 0 Å². The molecule has 0 radical (unpaired) electrons. The lowest BCUT2D eigenvalue weighted by atomic mass is 10.0. The van der Waals surface area contributed by atoms with E-state index in [1.54, 1.807) is 7.05 Å². The zero-order valence-corrected chi connectivity index (χ0v) is 17.7. The van der Waals surface area contributed by atoms with Gasteiger partial charge in [0.1, 0.15) is 16.5 Å². The molecular formula is C21H19F4N3O3S. The van der Waals surface area contributed by atoms with Crippen molar-refractivity contribution in [2.45, 2.75) is 36.6 Å². The van der Waals surface area contributed by atoms with E-state index in [2.05, 4.69) is 15.0 Å². The lowest BCUT2D eigenvalue weighted by Gasteiger charge is -2.15. The molecule has 1 saturated carbocycles. The molecule has 0 amide bonds. The average Bonchev–Trinajstić information content (AvgIpc) is 3.49. The standard InChI is InChI=1S/C21H19F4N3O3S/c1-26-10-14-12-28(32(29,30)16-3-2-8-27-11-16)20(19(14)13-4-5-13)17-7-6-15(9-18(17)22)31-21(23,24)25/h2-3,6-9,11-13,26H,4-5,10H2,1H3. The maximum absolute atomic E-state index is 15.1. The maximum atomic E-state index is 15.1. The number of pyridine rings is 1. The Morgan fingerprint density at radius 1 is 1.25 bits per heavy atom. The van der Waals surface area contributed by atoms with E-state index in [0.717, 1.165) is 28.9 Å². The van der Waals surface area contributed by atoms with E-state index in [9.17, 15) is 21.6 Å². The van der Waals surface area contributed by atoms with Crippen LogP contribution in [0.25, 0.3) is 11.3 Å². The Kier molecular flexibility index (Phi) is 5.72. The van der Waals surface area contributed by atoms with Crippen LogP contribution in [0.1, 0.15) is 29.9 Å². The second-order valence-electron chi connectivity index (χ2n) is 7.40. The predicted molar refractivity (Wildman–Crippen MR) is 108 cm³/mol. The van der Waals surface area contributed by atoms with Gasteiger partial charge in [-0.3, -0.25) is 4.98 Å². The summed E-state index contributed by atoms with van der Waals surface area (Å²) < 4.78 is 84.3. The van der Waals surface area contributed by atoms with Crippen molar-refractivity contribution in [1.29, 1.82) is 0 Å². The van der Waals surface area contributed by atoms with Gasteiger partial charge in [-0.25, -0.2) is 16.8 Å². The first-order chi connectivity index (χ1) is 15.1. The fourth-order valence-electron chi connectivity index (χ4n) is 3.66. The second kappa shape index (κ2) is 8.21. The zero-order chi connectivity index (χ0) is 23.1. The van der Waals surface area contributed by atoms with E-state index in [1.807, 2.05) is 0 Å². The SMILES string of the molecule is CNCc1cn(S(=O)(=O)c2cccnc2)c(-c2ccc(OC(F)(F)F)cc2F)c1C1CC1. The number of benzene rings is 1. The topological polar surface area (TPSA) is 73.2 Å². The molecule has 2 aromatic heterocycles. The van der Waals surface area contributed by atoms with Gasteiger partial charge in [0.25, 0.3) is 10.0 Å². The van der Waals surface area contributed by atoms with Crippen LogP contribution in [0.15, 0.2) is 53.8 Å². The molecule has 0 atom stereocenters. The Bertz CT molecular complexity index is 1240. The van der Waals surface area contributed by atoms with Crippen molar-refractivity contribution in [3.05, 3.63) is 65.9 Å². The minimum atomic E-state index is -4.98. The van der Waals surface area contributed by atoms with Gasteiger partial charge in [-0.1, -0.05) is 0 Å². The molecule has 0 spiro atoms. The van der Waals surface area contributed by atoms with Gasteiger partial charge < -0.3 is 10.1 Å². The third-order valence-corrected chi connectivity index (χ3v) is 6.71. The van der Waals surface area contributed by atoms with E-state index < -0.39 is 28.0 Å². The summed E-state index contributed by atoms with van der Waals surface area (Å²) in [5.74, 6) is -1.72. The first kappa shape index (κ1) is 22.3. The molecule has 0 saturated heterocycles. The summed E-state index contributed by atoms with van der Waals surface area (Å²) >= 11 is 0. The molecule has 2 heterocycles. The molecule has 32 heavy (non-hydrogen) atoms. The quantitative estimate of drug-likeness (QED) is 0.519. The molecule has 0 aliphatic heterocycles. The lowest BCUT2D eigenvalue weighted by molar-refractivity contribution is -0.274. The summed E-state index contributed by atoms with van der Waals surface area (Å²) in [4.78, 5) is 3.76. The van der Waals surface area contributed by atoms with Crippen LogP contribution in [0.3, 0.4) is 0 Å². The molecule has 1 aromatic carbocycles. The van der Waals surface area contributed by atoms with Crippen molar-refractivity contribution in [1.82, 2.24) is 14.3 Å². The molecule has 1 aliphatic rings. The van der Waals surface area contributed by atoms with E-state index in [0.29, 0.717) is 23.7 Å². The summed E-state index contributed by atoms with van der Waals surface area (Å²) in [5.41, 5.74) is 1.30.